The Balaban J connectivity index is 2.08. The van der Waals surface area contributed by atoms with E-state index in [4.69, 9.17) is 33.4 Å². The summed E-state index contributed by atoms with van der Waals surface area (Å²) in [6, 6.07) is 5.94. The van der Waals surface area contributed by atoms with Crippen LogP contribution in [0.5, 0.6) is 0 Å². The Kier molecular flexibility index (Phi) is 7.59. The molecule has 0 radical (unpaired) electrons. The van der Waals surface area contributed by atoms with Crippen LogP contribution in [0.1, 0.15) is 0 Å². The third-order valence-electron chi connectivity index (χ3n) is 3.06. The highest BCUT2D eigenvalue weighted by Gasteiger charge is 2.08. The van der Waals surface area contributed by atoms with Gasteiger partial charge in [0.05, 0.1) is 45.3 Å². The Hall–Kier alpha value is -2.62. The molecule has 2 rings (SSSR count). The van der Waals surface area contributed by atoms with Gasteiger partial charge in [0.2, 0.25) is 0 Å². The monoisotopic (exact) mass is 412 g/mol. The van der Waals surface area contributed by atoms with Crippen molar-refractivity contribution in [2.24, 2.45) is 20.5 Å². The molecule has 0 aliphatic heterocycles. The predicted molar refractivity (Wildman–Crippen MR) is 104 cm³/mol. The number of benzene rings is 2. The smallest absolute Gasteiger partial charge is 0.171 e. The Morgan fingerprint density at radius 3 is 1.48 bits per heavy atom. The van der Waals surface area contributed by atoms with Crippen molar-refractivity contribution in [3.8, 4) is 0 Å². The second kappa shape index (κ2) is 9.91. The Labute approximate surface area is 161 Å². The van der Waals surface area contributed by atoms with Crippen LogP contribution in [-0.4, -0.2) is 17.2 Å². The van der Waals surface area contributed by atoms with Crippen LogP contribution in [0, 0.1) is 0 Å². The van der Waals surface area contributed by atoms with Gasteiger partial charge in [0.1, 0.15) is 11.4 Å². The first kappa shape index (κ1) is 20.7. The van der Waals surface area contributed by atoms with Gasteiger partial charge in [0.15, 0.2) is 6.67 Å². The maximum absolute atomic E-state index is 8.50. The number of anilines is 4. The molecule has 0 atom stereocenters. The van der Waals surface area contributed by atoms with Crippen LogP contribution >= 0.6 is 24.1 Å². The molecule has 0 heterocycles. The molecule has 144 valence electrons. The highest BCUT2D eigenvalue weighted by Crippen LogP contribution is 2.35. The third-order valence-corrected chi connectivity index (χ3v) is 4.27. The molecule has 0 amide bonds. The number of azo groups is 2. The molecule has 0 saturated carbocycles. The normalized spacial score (nSPS) is 11.6. The van der Waals surface area contributed by atoms with Crippen LogP contribution in [0.4, 0.5) is 34.1 Å². The minimum absolute atomic E-state index is 0.106. The lowest BCUT2D eigenvalue weighted by molar-refractivity contribution is -0.116. The highest BCUT2D eigenvalue weighted by atomic mass is 32.2. The molecule has 0 aromatic heterocycles. The number of nitrogen functional groups attached to an aromatic ring is 4. The molecule has 14 heteroatoms. The van der Waals surface area contributed by atoms with Crippen molar-refractivity contribution < 1.29 is 19.2 Å². The molecule has 27 heavy (non-hydrogen) atoms. The molecule has 0 spiro atoms. The van der Waals surface area contributed by atoms with Crippen molar-refractivity contribution in [3.63, 3.8) is 0 Å². The SMILES string of the molecule is Nc1cc(N)c(SOO)cc1N=NCN=Nc1cc(SOO)c(N)cc1N. The van der Waals surface area contributed by atoms with Gasteiger partial charge in [-0.2, -0.15) is 29.1 Å². The van der Waals surface area contributed by atoms with Crippen molar-refractivity contribution in [1.29, 1.82) is 0 Å². The van der Waals surface area contributed by atoms with Crippen LogP contribution in [0.3, 0.4) is 0 Å². The number of hydrogen-bond acceptors (Lipinski definition) is 14. The molecule has 0 bridgehead atoms. The molecular weight excluding hydrogens is 396 g/mol. The molecule has 2 aromatic carbocycles. The number of rotatable bonds is 8. The second-order valence-electron chi connectivity index (χ2n) is 4.84. The molecule has 0 aliphatic carbocycles. The fourth-order valence-electron chi connectivity index (χ4n) is 1.85. The van der Waals surface area contributed by atoms with E-state index in [1.807, 2.05) is 0 Å². The fourth-order valence-corrected chi connectivity index (χ4v) is 2.64. The number of nitrogens with zero attached hydrogens (tertiary/aromatic N) is 4. The summed E-state index contributed by atoms with van der Waals surface area (Å²) in [6.07, 6.45) is 0. The predicted octanol–water partition coefficient (Wildman–Crippen LogP) is 3.83. The summed E-state index contributed by atoms with van der Waals surface area (Å²) in [4.78, 5) is 0.848. The van der Waals surface area contributed by atoms with E-state index in [1.54, 1.807) is 0 Å². The summed E-state index contributed by atoms with van der Waals surface area (Å²) in [5.74, 6) is 0. The van der Waals surface area contributed by atoms with Gasteiger partial charge < -0.3 is 22.9 Å². The van der Waals surface area contributed by atoms with Gasteiger partial charge in [-0.1, -0.05) is 0 Å². The van der Waals surface area contributed by atoms with Gasteiger partial charge in [-0.3, -0.25) is 0 Å². The lowest BCUT2D eigenvalue weighted by Crippen LogP contribution is -1.93. The topological polar surface area (TPSA) is 212 Å². The Morgan fingerprint density at radius 2 is 1.11 bits per heavy atom. The van der Waals surface area contributed by atoms with E-state index in [0.717, 1.165) is 0 Å². The highest BCUT2D eigenvalue weighted by molar-refractivity contribution is 7.95. The summed E-state index contributed by atoms with van der Waals surface area (Å²) in [6.45, 7) is -0.106. The van der Waals surface area contributed by atoms with Gasteiger partial charge in [0.25, 0.3) is 0 Å². The van der Waals surface area contributed by atoms with Crippen molar-refractivity contribution in [1.82, 2.24) is 0 Å². The van der Waals surface area contributed by atoms with Crippen molar-refractivity contribution in [2.45, 2.75) is 9.79 Å². The van der Waals surface area contributed by atoms with Crippen molar-refractivity contribution in [3.05, 3.63) is 24.3 Å². The molecule has 0 fully saturated rings. The summed E-state index contributed by atoms with van der Waals surface area (Å²) in [5, 5.41) is 32.6. The summed E-state index contributed by atoms with van der Waals surface area (Å²) < 4.78 is 7.97. The molecule has 10 N–H and O–H groups in total. The zero-order chi connectivity index (χ0) is 19.8. The lowest BCUT2D eigenvalue weighted by atomic mass is 10.2. The van der Waals surface area contributed by atoms with E-state index in [0.29, 0.717) is 68.0 Å². The van der Waals surface area contributed by atoms with Crippen LogP contribution < -0.4 is 22.9 Å². The van der Waals surface area contributed by atoms with Gasteiger partial charge >= 0.3 is 0 Å². The molecule has 12 nitrogen and oxygen atoms in total. The molecule has 0 saturated heterocycles. The van der Waals surface area contributed by atoms with Gasteiger partial charge in [0, 0.05) is 11.4 Å². The van der Waals surface area contributed by atoms with Crippen LogP contribution in [0.25, 0.3) is 0 Å². The molecule has 0 unspecified atom stereocenters. The van der Waals surface area contributed by atoms with E-state index in [9.17, 15) is 0 Å². The minimum Gasteiger partial charge on any atom is -0.398 e. The van der Waals surface area contributed by atoms with E-state index in [1.165, 1.54) is 24.3 Å². The Morgan fingerprint density at radius 1 is 0.704 bits per heavy atom. The average Bonchev–Trinajstić information content (AvgIpc) is 2.62. The van der Waals surface area contributed by atoms with E-state index >= 15 is 0 Å². The Bertz CT molecular complexity index is 795. The van der Waals surface area contributed by atoms with E-state index < -0.39 is 0 Å². The van der Waals surface area contributed by atoms with Crippen LogP contribution in [0.15, 0.2) is 54.5 Å². The first-order chi connectivity index (χ1) is 13.0. The van der Waals surface area contributed by atoms with Gasteiger partial charge in [-0.25, -0.2) is 10.5 Å². The average molecular weight is 412 g/mol. The first-order valence-electron chi connectivity index (χ1n) is 7.05. The lowest BCUT2D eigenvalue weighted by Gasteiger charge is -2.06. The quantitative estimate of drug-likeness (QED) is 0.121. The minimum atomic E-state index is -0.106. The maximum atomic E-state index is 8.50. The standard InChI is InChI=1S/C13H16N8O4S2/c14-6-1-8(16)12(26-24-22)3-10(6)20-18-5-19-21-11-4-13(27-25-23)9(17)2-7(11)15/h1-4,22-23H,5,14-17H2. The summed E-state index contributed by atoms with van der Waals surface area (Å²) in [5.41, 5.74) is 25.0. The van der Waals surface area contributed by atoms with Gasteiger partial charge in [-0.05, 0) is 24.3 Å². The zero-order valence-electron chi connectivity index (χ0n) is 13.6. The van der Waals surface area contributed by atoms with Crippen molar-refractivity contribution >= 4 is 58.2 Å². The van der Waals surface area contributed by atoms with Crippen molar-refractivity contribution in [2.75, 3.05) is 29.6 Å². The van der Waals surface area contributed by atoms with Crippen LogP contribution in [0.2, 0.25) is 0 Å². The fraction of sp³-hybridized carbons (Fsp3) is 0.0769. The van der Waals surface area contributed by atoms with Gasteiger partial charge in [-0.15, -0.1) is 0 Å². The van der Waals surface area contributed by atoms with E-state index in [-0.39, 0.29) is 6.67 Å². The maximum Gasteiger partial charge on any atom is 0.171 e. The molecular formula is C13H16N8O4S2. The third kappa shape index (κ3) is 5.68. The number of nitrogens with two attached hydrogens (primary N) is 4. The van der Waals surface area contributed by atoms with Crippen LogP contribution in [-0.2, 0) is 8.67 Å². The molecule has 0 aliphatic rings. The number of hydrogen-bond donors (Lipinski definition) is 6. The largest absolute Gasteiger partial charge is 0.398 e. The molecule has 2 aromatic rings. The first-order valence-corrected chi connectivity index (χ1v) is 8.53. The summed E-state index contributed by atoms with van der Waals surface area (Å²) >= 11 is 1.30. The summed E-state index contributed by atoms with van der Waals surface area (Å²) in [7, 11) is 0. The van der Waals surface area contributed by atoms with E-state index in [2.05, 4.69) is 29.1 Å². The second-order valence-corrected chi connectivity index (χ2v) is 6.35. The zero-order valence-corrected chi connectivity index (χ0v) is 15.3.